The van der Waals surface area contributed by atoms with Gasteiger partial charge in [-0.3, -0.25) is 0 Å². The van der Waals surface area contributed by atoms with Crippen LogP contribution in [0.25, 0.3) is 11.3 Å². The zero-order valence-electron chi connectivity index (χ0n) is 10.5. The van der Waals surface area contributed by atoms with Crippen molar-refractivity contribution in [2.45, 2.75) is 6.92 Å². The summed E-state index contributed by atoms with van der Waals surface area (Å²) in [6, 6.07) is 5.42. The fourth-order valence-corrected chi connectivity index (χ4v) is 1.75. The van der Waals surface area contributed by atoms with Gasteiger partial charge in [-0.2, -0.15) is 0 Å². The predicted octanol–water partition coefficient (Wildman–Crippen LogP) is 1.76. The first-order valence-electron chi connectivity index (χ1n) is 5.44. The number of methoxy groups -OCH3 is 2. The fraction of sp³-hybridized carbons (Fsp3) is 0.231. The van der Waals surface area contributed by atoms with E-state index in [0.29, 0.717) is 17.2 Å². The monoisotopic (exact) mass is 246 g/mol. The minimum Gasteiger partial charge on any atom is -0.497 e. The molecule has 1 aromatic heterocycles. The Morgan fingerprint density at radius 1 is 1.22 bits per heavy atom. The molecule has 1 heterocycles. The number of ether oxygens (including phenoxy) is 2. The summed E-state index contributed by atoms with van der Waals surface area (Å²) >= 11 is 0. The molecule has 0 bridgehead atoms. The Morgan fingerprint density at radius 2 is 2.00 bits per heavy atom. The van der Waals surface area contributed by atoms with Gasteiger partial charge in [0, 0.05) is 11.8 Å². The molecule has 0 saturated carbocycles. The minimum absolute atomic E-state index is 0.388. The summed E-state index contributed by atoms with van der Waals surface area (Å²) in [7, 11) is 3.17. The van der Waals surface area contributed by atoms with Crippen LogP contribution >= 0.6 is 0 Å². The third-order valence-electron chi connectivity index (χ3n) is 2.68. The average molecular weight is 246 g/mol. The lowest BCUT2D eigenvalue weighted by Crippen LogP contribution is -2.11. The quantitative estimate of drug-likeness (QED) is 0.896. The van der Waals surface area contributed by atoms with Gasteiger partial charge in [0.1, 0.15) is 11.5 Å². The highest BCUT2D eigenvalue weighted by atomic mass is 16.5. The molecule has 0 spiro atoms. The molecule has 0 aliphatic heterocycles. The number of aryl methyl sites for hydroxylation is 1. The van der Waals surface area contributed by atoms with Crippen LogP contribution in [0.2, 0.25) is 0 Å². The molecule has 1 N–H and O–H groups in total. The maximum Gasteiger partial charge on any atom is 0.345 e. The van der Waals surface area contributed by atoms with Crippen LogP contribution in [-0.2, 0) is 0 Å². The van der Waals surface area contributed by atoms with Crippen LogP contribution in [0.4, 0.5) is 0 Å². The summed E-state index contributed by atoms with van der Waals surface area (Å²) < 4.78 is 10.5. The largest absolute Gasteiger partial charge is 0.497 e. The molecule has 0 aliphatic carbocycles. The van der Waals surface area contributed by atoms with E-state index >= 15 is 0 Å². The summed E-state index contributed by atoms with van der Waals surface area (Å²) in [5.74, 6) is 1.36. The van der Waals surface area contributed by atoms with Gasteiger partial charge in [0.05, 0.1) is 19.9 Å². The summed E-state index contributed by atoms with van der Waals surface area (Å²) in [5, 5.41) is 0. The van der Waals surface area contributed by atoms with Crippen LogP contribution in [0.1, 0.15) is 5.56 Å². The van der Waals surface area contributed by atoms with Crippen LogP contribution in [0.3, 0.4) is 0 Å². The van der Waals surface area contributed by atoms with Gasteiger partial charge in [-0.1, -0.05) is 0 Å². The van der Waals surface area contributed by atoms with Crippen molar-refractivity contribution >= 4 is 0 Å². The van der Waals surface area contributed by atoms with E-state index in [-0.39, 0.29) is 5.69 Å². The predicted molar refractivity (Wildman–Crippen MR) is 68.1 cm³/mol. The lowest BCUT2D eigenvalue weighted by molar-refractivity contribution is 0.404. The third-order valence-corrected chi connectivity index (χ3v) is 2.68. The van der Waals surface area contributed by atoms with Gasteiger partial charge in [0.25, 0.3) is 0 Å². The summed E-state index contributed by atoms with van der Waals surface area (Å²) in [6.07, 6.45) is 1.53. The Hall–Kier alpha value is -2.30. The first-order valence-corrected chi connectivity index (χ1v) is 5.44. The molecule has 0 saturated heterocycles. The zero-order valence-corrected chi connectivity index (χ0v) is 10.5. The van der Waals surface area contributed by atoms with E-state index in [1.165, 1.54) is 6.20 Å². The van der Waals surface area contributed by atoms with Crippen LogP contribution in [0, 0.1) is 6.92 Å². The lowest BCUT2D eigenvalue weighted by Gasteiger charge is -2.11. The van der Waals surface area contributed by atoms with E-state index in [9.17, 15) is 4.79 Å². The molecule has 94 valence electrons. The molecule has 0 unspecified atom stereocenters. The molecule has 0 fully saturated rings. The molecule has 0 amide bonds. The lowest BCUT2D eigenvalue weighted by atomic mass is 10.1. The second kappa shape index (κ2) is 4.91. The van der Waals surface area contributed by atoms with Crippen molar-refractivity contribution < 1.29 is 9.47 Å². The minimum atomic E-state index is -0.388. The number of H-pyrrole nitrogens is 1. The summed E-state index contributed by atoms with van der Waals surface area (Å²) in [4.78, 5) is 17.7. The molecule has 2 aromatic rings. The Bertz CT molecular complexity index is 620. The second-order valence-corrected chi connectivity index (χ2v) is 3.81. The van der Waals surface area contributed by atoms with Gasteiger partial charge >= 0.3 is 5.69 Å². The number of nitrogens with zero attached hydrogens (tertiary/aromatic N) is 1. The Labute approximate surface area is 104 Å². The Morgan fingerprint density at radius 3 is 2.67 bits per heavy atom. The van der Waals surface area contributed by atoms with Gasteiger partial charge < -0.3 is 14.5 Å². The van der Waals surface area contributed by atoms with Crippen molar-refractivity contribution in [1.29, 1.82) is 0 Å². The number of nitrogens with one attached hydrogen (secondary N) is 1. The van der Waals surface area contributed by atoms with Crippen LogP contribution in [-0.4, -0.2) is 24.2 Å². The molecule has 1 aromatic carbocycles. The molecule has 0 aliphatic rings. The molecule has 0 radical (unpaired) electrons. The number of rotatable bonds is 3. The first-order chi connectivity index (χ1) is 8.65. The molecule has 18 heavy (non-hydrogen) atoms. The first kappa shape index (κ1) is 12.2. The van der Waals surface area contributed by atoms with E-state index in [1.807, 2.05) is 13.0 Å². The second-order valence-electron chi connectivity index (χ2n) is 3.81. The van der Waals surface area contributed by atoms with Gasteiger partial charge in [-0.25, -0.2) is 9.78 Å². The average Bonchev–Trinajstić information content (AvgIpc) is 2.40. The number of aromatic amines is 1. The van der Waals surface area contributed by atoms with E-state index in [2.05, 4.69) is 9.97 Å². The van der Waals surface area contributed by atoms with Crippen LogP contribution < -0.4 is 15.2 Å². The van der Waals surface area contributed by atoms with E-state index < -0.39 is 0 Å². The smallest absolute Gasteiger partial charge is 0.345 e. The molecular weight excluding hydrogens is 232 g/mol. The number of hydrogen-bond acceptors (Lipinski definition) is 4. The Balaban J connectivity index is 2.68. The van der Waals surface area contributed by atoms with Crippen LogP contribution in [0.15, 0.2) is 29.2 Å². The van der Waals surface area contributed by atoms with Gasteiger partial charge in [-0.05, 0) is 30.7 Å². The van der Waals surface area contributed by atoms with Gasteiger partial charge in [0.15, 0.2) is 0 Å². The molecule has 2 rings (SSSR count). The van der Waals surface area contributed by atoms with Crippen molar-refractivity contribution in [2.75, 3.05) is 14.2 Å². The van der Waals surface area contributed by atoms with Crippen molar-refractivity contribution in [3.8, 4) is 22.8 Å². The Kier molecular flexibility index (Phi) is 3.32. The highest BCUT2D eigenvalue weighted by Gasteiger charge is 2.11. The van der Waals surface area contributed by atoms with Crippen molar-refractivity contribution in [2.24, 2.45) is 0 Å². The highest BCUT2D eigenvalue weighted by Crippen LogP contribution is 2.33. The van der Waals surface area contributed by atoms with Crippen molar-refractivity contribution in [3.63, 3.8) is 0 Å². The van der Waals surface area contributed by atoms with Gasteiger partial charge in [-0.15, -0.1) is 0 Å². The standard InChI is InChI=1S/C13H14N2O3/c1-8-7-14-13(16)15-12(8)10-6-9(17-2)4-5-11(10)18-3/h4-7H,1-3H3,(H,14,15,16). The zero-order chi connectivity index (χ0) is 13.1. The fourth-order valence-electron chi connectivity index (χ4n) is 1.75. The third kappa shape index (κ3) is 2.20. The molecule has 0 atom stereocenters. The number of hydrogen-bond donors (Lipinski definition) is 1. The van der Waals surface area contributed by atoms with E-state index in [0.717, 1.165) is 11.1 Å². The summed E-state index contributed by atoms with van der Waals surface area (Å²) in [5.41, 5.74) is 1.93. The maximum absolute atomic E-state index is 11.3. The number of aromatic nitrogens is 2. The molecule has 5 heteroatoms. The summed E-state index contributed by atoms with van der Waals surface area (Å²) in [6.45, 7) is 1.87. The molecular formula is C13H14N2O3. The van der Waals surface area contributed by atoms with Crippen LogP contribution in [0.5, 0.6) is 11.5 Å². The number of benzene rings is 1. The normalized spacial score (nSPS) is 10.2. The van der Waals surface area contributed by atoms with Gasteiger partial charge in [0.2, 0.25) is 0 Å². The highest BCUT2D eigenvalue weighted by molar-refractivity contribution is 5.71. The topological polar surface area (TPSA) is 64.2 Å². The molecule has 5 nitrogen and oxygen atoms in total. The van der Waals surface area contributed by atoms with E-state index in [1.54, 1.807) is 26.4 Å². The van der Waals surface area contributed by atoms with Crippen molar-refractivity contribution in [1.82, 2.24) is 9.97 Å². The maximum atomic E-state index is 11.3. The SMILES string of the molecule is COc1ccc(OC)c(-c2[nH]c(=O)ncc2C)c1. The van der Waals surface area contributed by atoms with E-state index in [4.69, 9.17) is 9.47 Å². The van der Waals surface area contributed by atoms with Crippen molar-refractivity contribution in [3.05, 3.63) is 40.4 Å².